The van der Waals surface area contributed by atoms with Crippen molar-refractivity contribution >= 4 is 34.3 Å². The molecule has 3 aromatic rings. The second kappa shape index (κ2) is 7.01. The van der Waals surface area contributed by atoms with E-state index in [4.69, 9.17) is 4.98 Å². The van der Waals surface area contributed by atoms with Crippen LogP contribution in [-0.4, -0.2) is 22.2 Å². The monoisotopic (exact) mass is 376 g/mol. The van der Waals surface area contributed by atoms with E-state index < -0.39 is 0 Å². The van der Waals surface area contributed by atoms with Gasteiger partial charge in [-0.05, 0) is 62.9 Å². The molecule has 1 aromatic heterocycles. The van der Waals surface area contributed by atoms with Crippen LogP contribution in [-0.2, 0) is 11.2 Å². The summed E-state index contributed by atoms with van der Waals surface area (Å²) in [6, 6.07) is 16.8. The number of thioether (sulfide) groups is 1. The van der Waals surface area contributed by atoms with E-state index >= 15 is 0 Å². The van der Waals surface area contributed by atoms with Crippen LogP contribution in [0.1, 0.15) is 30.5 Å². The van der Waals surface area contributed by atoms with E-state index in [1.807, 2.05) is 24.0 Å². The van der Waals surface area contributed by atoms with Crippen LogP contribution < -0.4 is 4.90 Å². The summed E-state index contributed by atoms with van der Waals surface area (Å²) in [6.07, 6.45) is 0.922. The highest BCUT2D eigenvalue weighted by Crippen LogP contribution is 2.35. The molecule has 4 heteroatoms. The zero-order valence-corrected chi connectivity index (χ0v) is 17.0. The summed E-state index contributed by atoms with van der Waals surface area (Å²) < 4.78 is 0. The Kier molecular flexibility index (Phi) is 4.68. The first-order valence-corrected chi connectivity index (χ1v) is 10.3. The highest BCUT2D eigenvalue weighted by molar-refractivity contribution is 8.00. The molecule has 0 fully saturated rings. The second-order valence-electron chi connectivity index (χ2n) is 7.40. The number of aromatic nitrogens is 1. The molecule has 27 heavy (non-hydrogen) atoms. The summed E-state index contributed by atoms with van der Waals surface area (Å²) >= 11 is 1.55. The van der Waals surface area contributed by atoms with Gasteiger partial charge in [-0.1, -0.05) is 48.2 Å². The lowest BCUT2D eigenvalue weighted by molar-refractivity contribution is -0.118. The van der Waals surface area contributed by atoms with E-state index in [-0.39, 0.29) is 17.2 Å². The third kappa shape index (κ3) is 3.23. The first-order chi connectivity index (χ1) is 13.0. The fourth-order valence-corrected chi connectivity index (χ4v) is 4.89. The molecule has 0 saturated heterocycles. The van der Waals surface area contributed by atoms with Gasteiger partial charge in [0.2, 0.25) is 5.91 Å². The van der Waals surface area contributed by atoms with E-state index in [0.29, 0.717) is 0 Å². The van der Waals surface area contributed by atoms with Gasteiger partial charge in [-0.25, -0.2) is 4.98 Å². The van der Waals surface area contributed by atoms with Crippen LogP contribution in [0.3, 0.4) is 0 Å². The van der Waals surface area contributed by atoms with Gasteiger partial charge < -0.3 is 4.90 Å². The third-order valence-corrected chi connectivity index (χ3v) is 6.32. The van der Waals surface area contributed by atoms with Gasteiger partial charge >= 0.3 is 0 Å². The smallest absolute Gasteiger partial charge is 0.240 e. The summed E-state index contributed by atoms with van der Waals surface area (Å²) in [4.78, 5) is 20.0. The van der Waals surface area contributed by atoms with Crippen LogP contribution in [0.2, 0.25) is 0 Å². The van der Waals surface area contributed by atoms with Crippen LogP contribution in [0.15, 0.2) is 53.6 Å². The van der Waals surface area contributed by atoms with Crippen molar-refractivity contribution in [1.82, 2.24) is 4.98 Å². The standard InChI is InChI=1S/C23H24N2OS/c1-14-8-7-10-19-15(2)12-21(24-22(14)19)27-17(4)23(26)25-16(3)13-18-9-5-6-11-20(18)25/h5-12,16-17H,13H2,1-4H3/t16-,17-/m1/s1. The van der Waals surface area contributed by atoms with Crippen molar-refractivity contribution in [3.05, 3.63) is 65.2 Å². The van der Waals surface area contributed by atoms with Gasteiger partial charge in [0.05, 0.1) is 15.8 Å². The predicted molar refractivity (Wildman–Crippen MR) is 114 cm³/mol. The van der Waals surface area contributed by atoms with Crippen molar-refractivity contribution < 1.29 is 4.79 Å². The summed E-state index contributed by atoms with van der Waals surface area (Å²) in [5.74, 6) is 0.154. The molecule has 0 saturated carbocycles. The molecule has 0 radical (unpaired) electrons. The van der Waals surface area contributed by atoms with Crippen molar-refractivity contribution in [3.8, 4) is 0 Å². The molecule has 0 unspecified atom stereocenters. The Morgan fingerprint density at radius 2 is 1.93 bits per heavy atom. The molecule has 0 N–H and O–H groups in total. The number of carbonyl (C=O) groups excluding carboxylic acids is 1. The number of anilines is 1. The number of fused-ring (bicyclic) bond motifs is 2. The highest BCUT2D eigenvalue weighted by atomic mass is 32.2. The van der Waals surface area contributed by atoms with Gasteiger partial charge in [-0.15, -0.1) is 0 Å². The Labute approximate surface area is 164 Å². The molecule has 2 aromatic carbocycles. The van der Waals surface area contributed by atoms with Crippen LogP contribution >= 0.6 is 11.8 Å². The fourth-order valence-electron chi connectivity index (χ4n) is 3.92. The first kappa shape index (κ1) is 18.1. The maximum absolute atomic E-state index is 13.2. The average molecular weight is 377 g/mol. The van der Waals surface area contributed by atoms with Gasteiger partial charge in [-0.2, -0.15) is 0 Å². The molecule has 0 aliphatic carbocycles. The minimum atomic E-state index is -0.188. The van der Waals surface area contributed by atoms with Crippen molar-refractivity contribution in [2.45, 2.75) is 50.4 Å². The normalized spacial score (nSPS) is 17.2. The van der Waals surface area contributed by atoms with Crippen molar-refractivity contribution in [1.29, 1.82) is 0 Å². The van der Waals surface area contributed by atoms with Crippen molar-refractivity contribution in [2.24, 2.45) is 0 Å². The fraction of sp³-hybridized carbons (Fsp3) is 0.304. The quantitative estimate of drug-likeness (QED) is 0.581. The highest BCUT2D eigenvalue weighted by Gasteiger charge is 2.33. The van der Waals surface area contributed by atoms with Crippen LogP contribution in [0, 0.1) is 13.8 Å². The van der Waals surface area contributed by atoms with E-state index in [1.54, 1.807) is 11.8 Å². The lowest BCUT2D eigenvalue weighted by Crippen LogP contribution is -2.40. The number of pyridine rings is 1. The molecule has 3 nitrogen and oxygen atoms in total. The van der Waals surface area contributed by atoms with E-state index in [2.05, 4.69) is 57.2 Å². The molecule has 1 aliphatic rings. The molecule has 2 heterocycles. The molecule has 2 atom stereocenters. The van der Waals surface area contributed by atoms with Crippen molar-refractivity contribution in [2.75, 3.05) is 4.90 Å². The second-order valence-corrected chi connectivity index (χ2v) is 8.76. The molecule has 0 spiro atoms. The Morgan fingerprint density at radius 3 is 2.74 bits per heavy atom. The number of hydrogen-bond donors (Lipinski definition) is 0. The van der Waals surface area contributed by atoms with Crippen LogP contribution in [0.25, 0.3) is 10.9 Å². The van der Waals surface area contributed by atoms with E-state index in [9.17, 15) is 4.79 Å². The maximum Gasteiger partial charge on any atom is 0.240 e. The van der Waals surface area contributed by atoms with E-state index in [0.717, 1.165) is 22.7 Å². The predicted octanol–water partition coefficient (Wildman–Crippen LogP) is 5.31. The van der Waals surface area contributed by atoms with Crippen molar-refractivity contribution in [3.63, 3.8) is 0 Å². The number of amides is 1. The third-order valence-electron chi connectivity index (χ3n) is 5.31. The number of carbonyl (C=O) groups is 1. The number of para-hydroxylation sites is 2. The largest absolute Gasteiger partial charge is 0.308 e. The first-order valence-electron chi connectivity index (χ1n) is 9.40. The number of hydrogen-bond acceptors (Lipinski definition) is 3. The lowest BCUT2D eigenvalue weighted by Gasteiger charge is -2.25. The summed E-state index contributed by atoms with van der Waals surface area (Å²) in [5, 5.41) is 1.91. The van der Waals surface area contributed by atoms with Gasteiger partial charge in [0.15, 0.2) is 0 Å². The number of benzene rings is 2. The summed E-state index contributed by atoms with van der Waals surface area (Å²) in [6.45, 7) is 8.30. The minimum Gasteiger partial charge on any atom is -0.308 e. The minimum absolute atomic E-state index is 0.154. The summed E-state index contributed by atoms with van der Waals surface area (Å²) in [7, 11) is 0. The van der Waals surface area contributed by atoms with Crippen LogP contribution in [0.4, 0.5) is 5.69 Å². The Balaban J connectivity index is 1.61. The number of nitrogens with zero attached hydrogens (tertiary/aromatic N) is 2. The van der Waals surface area contributed by atoms with Crippen LogP contribution in [0.5, 0.6) is 0 Å². The Hall–Kier alpha value is -2.33. The zero-order valence-electron chi connectivity index (χ0n) is 16.2. The Morgan fingerprint density at radius 1 is 1.15 bits per heavy atom. The molecule has 4 rings (SSSR count). The molecular formula is C23H24N2OS. The summed E-state index contributed by atoms with van der Waals surface area (Å²) in [5.41, 5.74) is 5.70. The molecule has 1 aliphatic heterocycles. The van der Waals surface area contributed by atoms with Gasteiger partial charge in [0, 0.05) is 17.1 Å². The molecule has 1 amide bonds. The average Bonchev–Trinajstić information content (AvgIpc) is 2.97. The number of rotatable bonds is 3. The zero-order chi connectivity index (χ0) is 19.1. The topological polar surface area (TPSA) is 33.2 Å². The van der Waals surface area contributed by atoms with E-state index in [1.165, 1.54) is 22.1 Å². The Bertz CT molecular complexity index is 1030. The van der Waals surface area contributed by atoms with Gasteiger partial charge in [0.1, 0.15) is 0 Å². The van der Waals surface area contributed by atoms with Gasteiger partial charge in [-0.3, -0.25) is 4.79 Å². The lowest BCUT2D eigenvalue weighted by atomic mass is 10.1. The molecule has 138 valence electrons. The molecular weight excluding hydrogens is 352 g/mol. The number of aryl methyl sites for hydroxylation is 2. The molecule has 0 bridgehead atoms. The SMILES string of the molecule is Cc1cc(S[C@H](C)C(=O)N2c3ccccc3C[C@H]2C)nc2c(C)cccc12. The van der Waals surface area contributed by atoms with Gasteiger partial charge in [0.25, 0.3) is 0 Å². The maximum atomic E-state index is 13.2.